The van der Waals surface area contributed by atoms with Crippen LogP contribution < -0.4 is 5.32 Å². The summed E-state index contributed by atoms with van der Waals surface area (Å²) in [6.45, 7) is -0.565. The van der Waals surface area contributed by atoms with Gasteiger partial charge in [-0.2, -0.15) is 0 Å². The average molecular weight is 448 g/mol. The molecule has 1 aromatic carbocycles. The summed E-state index contributed by atoms with van der Waals surface area (Å²) in [7, 11) is 0. The third kappa shape index (κ3) is 4.32. The summed E-state index contributed by atoms with van der Waals surface area (Å²) in [5.74, 6) is -3.26. The predicted octanol–water partition coefficient (Wildman–Crippen LogP) is 5.39. The normalized spacial score (nSPS) is 20.3. The van der Waals surface area contributed by atoms with Crippen LogP contribution in [-0.4, -0.2) is 27.7 Å². The summed E-state index contributed by atoms with van der Waals surface area (Å²) < 4.78 is 66.4. The second-order valence-corrected chi connectivity index (χ2v) is 8.15. The Bertz CT molecular complexity index is 1120. The lowest BCUT2D eigenvalue weighted by molar-refractivity contribution is -0.146. The molecule has 10 heteroatoms. The van der Waals surface area contributed by atoms with Crippen molar-refractivity contribution in [1.82, 2.24) is 15.1 Å². The van der Waals surface area contributed by atoms with Crippen LogP contribution in [0.15, 0.2) is 35.1 Å². The van der Waals surface area contributed by atoms with Gasteiger partial charge in [0.25, 0.3) is 5.92 Å². The van der Waals surface area contributed by atoms with Gasteiger partial charge in [0.2, 0.25) is 0 Å². The number of hydrogen-bond acceptors (Lipinski definition) is 6. The first kappa shape index (κ1) is 20.9. The van der Waals surface area contributed by atoms with Crippen molar-refractivity contribution in [3.8, 4) is 11.3 Å². The maximum absolute atomic E-state index is 14.6. The number of rotatable bonds is 6. The molecule has 1 unspecified atom stereocenters. The van der Waals surface area contributed by atoms with Crippen LogP contribution in [0.4, 0.5) is 23.2 Å². The maximum Gasteiger partial charge on any atom is 0.271 e. The van der Waals surface area contributed by atoms with Gasteiger partial charge in [-0.15, -0.1) is 0 Å². The minimum Gasteiger partial charge on any atom is -0.374 e. The average Bonchev–Trinajstić information content (AvgIpc) is 3.52. The van der Waals surface area contributed by atoms with E-state index in [4.69, 9.17) is 9.26 Å². The molecule has 0 bridgehead atoms. The molecule has 6 nitrogen and oxygen atoms in total. The summed E-state index contributed by atoms with van der Waals surface area (Å²) >= 11 is 0. The largest absolute Gasteiger partial charge is 0.374 e. The molecule has 2 aromatic heterocycles. The first-order chi connectivity index (χ1) is 15.4. The SMILES string of the molecule is Fc1ccc(F)c(-c2ncnc(C3CCC(F)(F)CO3)c2NCc2cc(C3CC3)no2)c1. The van der Waals surface area contributed by atoms with Crippen LogP contribution in [0.25, 0.3) is 11.3 Å². The van der Waals surface area contributed by atoms with Crippen LogP contribution in [0.3, 0.4) is 0 Å². The molecule has 1 saturated carbocycles. The first-order valence-corrected chi connectivity index (χ1v) is 10.4. The van der Waals surface area contributed by atoms with Crippen molar-refractivity contribution in [2.75, 3.05) is 11.9 Å². The summed E-state index contributed by atoms with van der Waals surface area (Å²) in [6.07, 6.45) is 2.25. The highest BCUT2D eigenvalue weighted by Gasteiger charge is 2.38. The van der Waals surface area contributed by atoms with Gasteiger partial charge in [0.05, 0.1) is 23.6 Å². The predicted molar refractivity (Wildman–Crippen MR) is 106 cm³/mol. The highest BCUT2D eigenvalue weighted by Crippen LogP contribution is 2.41. The van der Waals surface area contributed by atoms with Crippen molar-refractivity contribution in [3.63, 3.8) is 0 Å². The Hall–Kier alpha value is -3.01. The van der Waals surface area contributed by atoms with Gasteiger partial charge < -0.3 is 14.6 Å². The van der Waals surface area contributed by atoms with E-state index >= 15 is 0 Å². The number of alkyl halides is 2. The molecular formula is C22H20F4N4O2. The Morgan fingerprint density at radius 1 is 1.09 bits per heavy atom. The van der Waals surface area contributed by atoms with E-state index in [1.807, 2.05) is 6.07 Å². The fourth-order valence-corrected chi connectivity index (χ4v) is 3.80. The van der Waals surface area contributed by atoms with Crippen LogP contribution in [0, 0.1) is 11.6 Å². The van der Waals surface area contributed by atoms with Gasteiger partial charge in [-0.25, -0.2) is 27.5 Å². The van der Waals surface area contributed by atoms with Crippen LogP contribution in [-0.2, 0) is 11.3 Å². The molecule has 1 N–H and O–H groups in total. The number of nitrogens with one attached hydrogen (secondary N) is 1. The molecule has 5 rings (SSSR count). The fourth-order valence-electron chi connectivity index (χ4n) is 3.80. The lowest BCUT2D eigenvalue weighted by Crippen LogP contribution is -2.31. The minimum atomic E-state index is -2.91. The molecule has 168 valence electrons. The molecule has 0 radical (unpaired) electrons. The second-order valence-electron chi connectivity index (χ2n) is 8.15. The highest BCUT2D eigenvalue weighted by molar-refractivity contribution is 5.76. The Labute approximate surface area is 181 Å². The lowest BCUT2D eigenvalue weighted by atomic mass is 10.00. The Morgan fingerprint density at radius 2 is 1.94 bits per heavy atom. The summed E-state index contributed by atoms with van der Waals surface area (Å²) in [5, 5.41) is 7.18. The Balaban J connectivity index is 1.50. The molecule has 0 spiro atoms. The zero-order valence-electron chi connectivity index (χ0n) is 17.0. The Morgan fingerprint density at radius 3 is 2.69 bits per heavy atom. The van der Waals surface area contributed by atoms with Gasteiger partial charge in [0.1, 0.15) is 36.4 Å². The molecule has 1 aliphatic carbocycles. The molecule has 32 heavy (non-hydrogen) atoms. The Kier molecular flexibility index (Phi) is 5.32. The van der Waals surface area contributed by atoms with E-state index in [9.17, 15) is 17.6 Å². The number of aromatic nitrogens is 3. The zero-order valence-corrected chi connectivity index (χ0v) is 17.0. The van der Waals surface area contributed by atoms with Crippen LogP contribution >= 0.6 is 0 Å². The number of hydrogen-bond donors (Lipinski definition) is 1. The molecule has 3 aromatic rings. The van der Waals surface area contributed by atoms with E-state index in [2.05, 4.69) is 20.4 Å². The lowest BCUT2D eigenvalue weighted by Gasteiger charge is -2.29. The number of halogens is 4. The van der Waals surface area contributed by atoms with E-state index in [-0.39, 0.29) is 36.3 Å². The molecule has 1 saturated heterocycles. The van der Waals surface area contributed by atoms with Gasteiger partial charge in [0, 0.05) is 24.0 Å². The van der Waals surface area contributed by atoms with Gasteiger partial charge in [-0.05, 0) is 37.5 Å². The van der Waals surface area contributed by atoms with Gasteiger partial charge >= 0.3 is 0 Å². The topological polar surface area (TPSA) is 73.1 Å². The van der Waals surface area contributed by atoms with Crippen molar-refractivity contribution in [2.45, 2.75) is 50.2 Å². The van der Waals surface area contributed by atoms with E-state index in [1.165, 1.54) is 6.33 Å². The number of ether oxygens (including phenoxy) is 1. The zero-order chi connectivity index (χ0) is 22.3. The summed E-state index contributed by atoms with van der Waals surface area (Å²) in [5.41, 5.74) is 1.48. The monoisotopic (exact) mass is 448 g/mol. The van der Waals surface area contributed by atoms with Crippen molar-refractivity contribution < 1.29 is 26.8 Å². The first-order valence-electron chi connectivity index (χ1n) is 10.4. The van der Waals surface area contributed by atoms with E-state index in [1.54, 1.807) is 0 Å². The molecular weight excluding hydrogens is 428 g/mol. The van der Waals surface area contributed by atoms with Crippen molar-refractivity contribution in [1.29, 1.82) is 0 Å². The second kappa shape index (κ2) is 8.16. The standard InChI is InChI=1S/C22H20F4N4O2/c23-13-3-4-16(24)15(7-13)19-21(27-9-14-8-17(30-32-14)12-1-2-12)20(29-11-28-19)18-5-6-22(25,26)10-31-18/h3-4,7-8,11-12,18,27H,1-2,5-6,9-10H2. The molecule has 2 aliphatic rings. The number of benzene rings is 1. The smallest absolute Gasteiger partial charge is 0.271 e. The molecule has 1 aliphatic heterocycles. The van der Waals surface area contributed by atoms with Gasteiger partial charge in [-0.1, -0.05) is 5.16 Å². The van der Waals surface area contributed by atoms with E-state index < -0.39 is 30.3 Å². The summed E-state index contributed by atoms with van der Waals surface area (Å²) in [4.78, 5) is 8.40. The molecule has 0 amide bonds. The maximum atomic E-state index is 14.6. The van der Waals surface area contributed by atoms with Crippen molar-refractivity contribution in [2.24, 2.45) is 0 Å². The molecule has 3 heterocycles. The molecule has 1 atom stereocenters. The summed E-state index contributed by atoms with van der Waals surface area (Å²) in [6, 6.07) is 4.89. The van der Waals surface area contributed by atoms with E-state index in [0.717, 1.165) is 36.7 Å². The highest BCUT2D eigenvalue weighted by atomic mass is 19.3. The van der Waals surface area contributed by atoms with Gasteiger partial charge in [0.15, 0.2) is 5.76 Å². The third-order valence-electron chi connectivity index (χ3n) is 5.65. The van der Waals surface area contributed by atoms with Crippen LogP contribution in [0.1, 0.15) is 54.9 Å². The fraction of sp³-hybridized carbons (Fsp3) is 0.409. The molecule has 2 fully saturated rings. The quantitative estimate of drug-likeness (QED) is 0.510. The van der Waals surface area contributed by atoms with Crippen LogP contribution in [0.2, 0.25) is 0 Å². The van der Waals surface area contributed by atoms with E-state index in [0.29, 0.717) is 17.4 Å². The van der Waals surface area contributed by atoms with Crippen molar-refractivity contribution in [3.05, 3.63) is 59.4 Å². The van der Waals surface area contributed by atoms with Crippen molar-refractivity contribution >= 4 is 5.69 Å². The third-order valence-corrected chi connectivity index (χ3v) is 5.65. The number of nitrogens with zero attached hydrogens (tertiary/aromatic N) is 3. The van der Waals surface area contributed by atoms with Gasteiger partial charge in [-0.3, -0.25) is 0 Å². The minimum absolute atomic E-state index is 0.0257. The number of anilines is 1. The van der Waals surface area contributed by atoms with Crippen LogP contribution in [0.5, 0.6) is 0 Å².